The molecule has 0 bridgehead atoms. The van der Waals surface area contributed by atoms with Crippen molar-refractivity contribution in [3.8, 4) is 11.5 Å². The highest BCUT2D eigenvalue weighted by molar-refractivity contribution is 7.80. The Kier molecular flexibility index (Phi) is 8.28. The van der Waals surface area contributed by atoms with E-state index < -0.39 is 0 Å². The van der Waals surface area contributed by atoms with Gasteiger partial charge < -0.3 is 14.8 Å². The normalized spacial score (nSPS) is 9.82. The van der Waals surface area contributed by atoms with Crippen molar-refractivity contribution < 1.29 is 9.47 Å². The van der Waals surface area contributed by atoms with Crippen LogP contribution in [-0.2, 0) is 0 Å². The van der Waals surface area contributed by atoms with E-state index in [0.29, 0.717) is 16.6 Å². The molecule has 5 nitrogen and oxygen atoms in total. The van der Waals surface area contributed by atoms with E-state index >= 15 is 0 Å². The molecule has 0 saturated carbocycles. The zero-order valence-corrected chi connectivity index (χ0v) is 14.5. The third kappa shape index (κ3) is 5.89. The zero-order valence-electron chi connectivity index (χ0n) is 13.7. The summed E-state index contributed by atoms with van der Waals surface area (Å²) in [5.74, 6) is 1.33. The Morgan fingerprint density at radius 3 is 2.27 bits per heavy atom. The van der Waals surface area contributed by atoms with Gasteiger partial charge in [-0.25, -0.2) is 0 Å². The summed E-state index contributed by atoms with van der Waals surface area (Å²) >= 11 is 5.26. The molecule has 0 spiro atoms. The van der Waals surface area contributed by atoms with Crippen LogP contribution in [0.15, 0.2) is 23.3 Å². The van der Waals surface area contributed by atoms with Crippen LogP contribution in [0.3, 0.4) is 0 Å². The Balaban J connectivity index is 2.66. The number of nitrogens with zero attached hydrogens (tertiary/aromatic N) is 1. The number of nitrogens with one attached hydrogen (secondary N) is 2. The molecule has 0 aliphatic heterocycles. The first-order valence-corrected chi connectivity index (χ1v) is 7.89. The number of anilines is 1. The molecule has 2 N–H and O–H groups in total. The molecule has 1 aromatic carbocycles. The lowest BCUT2D eigenvalue weighted by Crippen LogP contribution is -2.25. The quantitative estimate of drug-likeness (QED) is 0.431. The van der Waals surface area contributed by atoms with Gasteiger partial charge in [0.25, 0.3) is 0 Å². The smallest absolute Gasteiger partial charge is 0.191 e. The summed E-state index contributed by atoms with van der Waals surface area (Å²) in [6.07, 6.45) is 4.13. The molecule has 0 saturated heterocycles. The fourth-order valence-electron chi connectivity index (χ4n) is 2.02. The summed E-state index contributed by atoms with van der Waals surface area (Å²) < 4.78 is 10.5. The van der Waals surface area contributed by atoms with Crippen LogP contribution in [0, 0.1) is 0 Å². The minimum atomic E-state index is 0.455. The summed E-state index contributed by atoms with van der Waals surface area (Å²) in [6.45, 7) is 4.29. The van der Waals surface area contributed by atoms with Crippen molar-refractivity contribution in [3.63, 3.8) is 0 Å². The highest BCUT2D eigenvalue weighted by atomic mass is 32.1. The van der Waals surface area contributed by atoms with Gasteiger partial charge in [-0.3, -0.25) is 5.43 Å². The van der Waals surface area contributed by atoms with Gasteiger partial charge in [-0.1, -0.05) is 26.7 Å². The molecule has 1 aromatic rings. The standard InChI is InChI=1S/C16H25N3O2S/c1-5-7-12(8-6-2)18-19-16(22)17-13-9-10-14(20-3)15(11-13)21-4/h9-11H,5-8H2,1-4H3,(H2,17,19,22). The second-order valence-corrected chi connectivity index (χ2v) is 5.22. The molecule has 0 atom stereocenters. The van der Waals surface area contributed by atoms with Gasteiger partial charge in [-0.15, -0.1) is 0 Å². The van der Waals surface area contributed by atoms with E-state index in [4.69, 9.17) is 21.7 Å². The van der Waals surface area contributed by atoms with Crippen molar-refractivity contribution >= 4 is 28.7 Å². The predicted octanol–water partition coefficient (Wildman–Crippen LogP) is 3.95. The van der Waals surface area contributed by atoms with E-state index in [2.05, 4.69) is 29.7 Å². The van der Waals surface area contributed by atoms with E-state index in [0.717, 1.165) is 37.1 Å². The molecule has 0 heterocycles. The molecule has 0 aromatic heterocycles. The van der Waals surface area contributed by atoms with Crippen molar-refractivity contribution in [2.75, 3.05) is 19.5 Å². The lowest BCUT2D eigenvalue weighted by molar-refractivity contribution is 0.355. The minimum absolute atomic E-state index is 0.455. The van der Waals surface area contributed by atoms with Crippen molar-refractivity contribution in [2.24, 2.45) is 5.10 Å². The summed E-state index contributed by atoms with van der Waals surface area (Å²) in [5, 5.41) is 7.92. The van der Waals surface area contributed by atoms with E-state index in [1.165, 1.54) is 0 Å². The Bertz CT molecular complexity index is 510. The van der Waals surface area contributed by atoms with Crippen LogP contribution in [0.5, 0.6) is 11.5 Å². The van der Waals surface area contributed by atoms with Crippen LogP contribution in [0.2, 0.25) is 0 Å². The fraction of sp³-hybridized carbons (Fsp3) is 0.500. The first-order chi connectivity index (χ1) is 10.6. The molecule has 122 valence electrons. The molecular weight excluding hydrogens is 298 g/mol. The number of rotatable bonds is 8. The largest absolute Gasteiger partial charge is 0.493 e. The first-order valence-electron chi connectivity index (χ1n) is 7.49. The average Bonchev–Trinajstić information content (AvgIpc) is 2.53. The average molecular weight is 323 g/mol. The van der Waals surface area contributed by atoms with Crippen molar-refractivity contribution in [1.29, 1.82) is 0 Å². The summed E-state index contributed by atoms with van der Waals surface area (Å²) in [6, 6.07) is 5.53. The SMILES string of the molecule is CCCC(CCC)=NNC(=S)Nc1ccc(OC)c(OC)c1. The lowest BCUT2D eigenvalue weighted by Gasteiger charge is -2.12. The highest BCUT2D eigenvalue weighted by Gasteiger charge is 2.05. The second kappa shape index (κ2) is 10.00. The van der Waals surface area contributed by atoms with Gasteiger partial charge in [-0.05, 0) is 37.2 Å². The Labute approximate surface area is 138 Å². The van der Waals surface area contributed by atoms with Crippen LogP contribution in [-0.4, -0.2) is 25.0 Å². The molecular formula is C16H25N3O2S. The monoisotopic (exact) mass is 323 g/mol. The van der Waals surface area contributed by atoms with Gasteiger partial charge in [0.2, 0.25) is 0 Å². The maximum absolute atomic E-state index is 5.26. The summed E-state index contributed by atoms with van der Waals surface area (Å²) in [5.41, 5.74) is 4.86. The maximum Gasteiger partial charge on any atom is 0.191 e. The fourth-order valence-corrected chi connectivity index (χ4v) is 2.18. The molecule has 0 aliphatic rings. The van der Waals surface area contributed by atoms with Crippen LogP contribution in [0.25, 0.3) is 0 Å². The second-order valence-electron chi connectivity index (χ2n) is 4.81. The van der Waals surface area contributed by atoms with Gasteiger partial charge >= 0.3 is 0 Å². The predicted molar refractivity (Wildman–Crippen MR) is 96.2 cm³/mol. The third-order valence-corrected chi connectivity index (χ3v) is 3.23. The van der Waals surface area contributed by atoms with Gasteiger partial charge in [-0.2, -0.15) is 5.10 Å². The Morgan fingerprint density at radius 1 is 1.09 bits per heavy atom. The minimum Gasteiger partial charge on any atom is -0.493 e. The molecule has 0 aliphatic carbocycles. The van der Waals surface area contributed by atoms with Crippen LogP contribution >= 0.6 is 12.2 Å². The van der Waals surface area contributed by atoms with Gasteiger partial charge in [0.05, 0.1) is 14.2 Å². The van der Waals surface area contributed by atoms with Crippen molar-refractivity contribution in [1.82, 2.24) is 5.43 Å². The number of hydrazone groups is 1. The van der Waals surface area contributed by atoms with E-state index in [9.17, 15) is 0 Å². The van der Waals surface area contributed by atoms with Crippen LogP contribution < -0.4 is 20.2 Å². The van der Waals surface area contributed by atoms with Gasteiger partial charge in [0, 0.05) is 17.5 Å². The summed E-state index contributed by atoms with van der Waals surface area (Å²) in [7, 11) is 3.21. The molecule has 0 fully saturated rings. The van der Waals surface area contributed by atoms with Crippen molar-refractivity contribution in [3.05, 3.63) is 18.2 Å². The molecule has 0 radical (unpaired) electrons. The van der Waals surface area contributed by atoms with Crippen molar-refractivity contribution in [2.45, 2.75) is 39.5 Å². The first kappa shape index (κ1) is 18.2. The number of hydrogen-bond donors (Lipinski definition) is 2. The van der Waals surface area contributed by atoms with Gasteiger partial charge in [0.15, 0.2) is 16.6 Å². The number of hydrogen-bond acceptors (Lipinski definition) is 4. The summed E-state index contributed by atoms with van der Waals surface area (Å²) in [4.78, 5) is 0. The number of ether oxygens (including phenoxy) is 2. The maximum atomic E-state index is 5.26. The topological polar surface area (TPSA) is 54.9 Å². The number of thiocarbonyl (C=S) groups is 1. The molecule has 0 unspecified atom stereocenters. The van der Waals surface area contributed by atoms with E-state index in [-0.39, 0.29) is 0 Å². The molecule has 22 heavy (non-hydrogen) atoms. The van der Waals surface area contributed by atoms with Crippen LogP contribution in [0.1, 0.15) is 39.5 Å². The number of methoxy groups -OCH3 is 2. The zero-order chi connectivity index (χ0) is 16.4. The van der Waals surface area contributed by atoms with Crippen LogP contribution in [0.4, 0.5) is 5.69 Å². The molecule has 6 heteroatoms. The van der Waals surface area contributed by atoms with Gasteiger partial charge in [0.1, 0.15) is 0 Å². The third-order valence-electron chi connectivity index (χ3n) is 3.03. The molecule has 1 rings (SSSR count). The highest BCUT2D eigenvalue weighted by Crippen LogP contribution is 2.29. The van der Waals surface area contributed by atoms with E-state index in [1.807, 2.05) is 18.2 Å². The van der Waals surface area contributed by atoms with E-state index in [1.54, 1.807) is 14.2 Å². The number of benzene rings is 1. The molecule has 0 amide bonds. The lowest BCUT2D eigenvalue weighted by atomic mass is 10.1. The Morgan fingerprint density at radius 2 is 1.73 bits per heavy atom. The Hall–Kier alpha value is -1.82.